The number of anilines is 1. The SMILES string of the molecule is C=C(CC)OCCCCCCOc1ccc(C2CCC(COc3ccc(OCC4CCC(C=O)CC4)c(N)c3)CC2)cc1. The fourth-order valence-corrected chi connectivity index (χ4v) is 6.23. The van der Waals surface area contributed by atoms with Crippen LogP contribution in [0.4, 0.5) is 5.69 Å². The van der Waals surface area contributed by atoms with Gasteiger partial charge in [0.1, 0.15) is 23.5 Å². The van der Waals surface area contributed by atoms with Gasteiger partial charge in [0.25, 0.3) is 0 Å². The zero-order chi connectivity index (χ0) is 30.3. The van der Waals surface area contributed by atoms with Crippen LogP contribution in [-0.4, -0.2) is 32.7 Å². The van der Waals surface area contributed by atoms with E-state index in [-0.39, 0.29) is 5.92 Å². The van der Waals surface area contributed by atoms with Crippen molar-refractivity contribution in [2.45, 2.75) is 96.3 Å². The van der Waals surface area contributed by atoms with Gasteiger partial charge in [0.05, 0.1) is 37.9 Å². The second-order valence-corrected chi connectivity index (χ2v) is 12.5. The van der Waals surface area contributed by atoms with Crippen molar-refractivity contribution in [2.75, 3.05) is 32.2 Å². The Bertz CT molecular complexity index is 1100. The molecule has 0 bridgehead atoms. The molecule has 2 aromatic carbocycles. The van der Waals surface area contributed by atoms with E-state index < -0.39 is 0 Å². The van der Waals surface area contributed by atoms with Crippen molar-refractivity contribution in [3.8, 4) is 17.2 Å². The van der Waals surface area contributed by atoms with Crippen LogP contribution in [0, 0.1) is 17.8 Å². The first-order chi connectivity index (χ1) is 21.0. The molecule has 0 atom stereocenters. The van der Waals surface area contributed by atoms with Gasteiger partial charge in [-0.15, -0.1) is 0 Å². The fourth-order valence-electron chi connectivity index (χ4n) is 6.23. The number of hydrogen-bond acceptors (Lipinski definition) is 6. The van der Waals surface area contributed by atoms with Gasteiger partial charge < -0.3 is 29.5 Å². The quantitative estimate of drug-likeness (QED) is 0.0807. The first kappa shape index (κ1) is 32.8. The topological polar surface area (TPSA) is 80.0 Å². The molecule has 236 valence electrons. The first-order valence-corrected chi connectivity index (χ1v) is 16.7. The minimum atomic E-state index is 0.230. The molecule has 2 saturated carbocycles. The molecule has 2 aliphatic carbocycles. The van der Waals surface area contributed by atoms with Crippen LogP contribution in [0.25, 0.3) is 0 Å². The maximum atomic E-state index is 11.0. The Morgan fingerprint density at radius 1 is 0.791 bits per heavy atom. The molecule has 2 aromatic rings. The molecular formula is C37H53NO5. The number of allylic oxidation sites excluding steroid dienone is 1. The van der Waals surface area contributed by atoms with Crippen LogP contribution in [0.3, 0.4) is 0 Å². The highest BCUT2D eigenvalue weighted by Gasteiger charge is 2.24. The van der Waals surface area contributed by atoms with Crippen LogP contribution < -0.4 is 19.9 Å². The second kappa shape index (κ2) is 17.8. The highest BCUT2D eigenvalue weighted by Crippen LogP contribution is 2.37. The van der Waals surface area contributed by atoms with Crippen LogP contribution >= 0.6 is 0 Å². The number of nitrogens with two attached hydrogens (primary N) is 1. The number of ether oxygens (including phenoxy) is 4. The Kier molecular flexibility index (Phi) is 13.6. The molecule has 2 N–H and O–H groups in total. The van der Waals surface area contributed by atoms with Gasteiger partial charge in [0, 0.05) is 18.4 Å². The normalized spacial score (nSPS) is 22.0. The van der Waals surface area contributed by atoms with Gasteiger partial charge in [-0.3, -0.25) is 0 Å². The third-order valence-corrected chi connectivity index (χ3v) is 9.23. The van der Waals surface area contributed by atoms with E-state index in [1.54, 1.807) is 0 Å². The molecule has 4 rings (SSSR count). The number of rotatable bonds is 18. The van der Waals surface area contributed by atoms with E-state index >= 15 is 0 Å². The van der Waals surface area contributed by atoms with Crippen molar-refractivity contribution in [1.82, 2.24) is 0 Å². The lowest BCUT2D eigenvalue weighted by atomic mass is 9.79. The van der Waals surface area contributed by atoms with E-state index in [1.807, 2.05) is 18.2 Å². The molecule has 6 heteroatoms. The second-order valence-electron chi connectivity index (χ2n) is 12.5. The fraction of sp³-hybridized carbons (Fsp3) is 0.595. The average molecular weight is 592 g/mol. The van der Waals surface area contributed by atoms with Gasteiger partial charge in [-0.05, 0) is 125 Å². The van der Waals surface area contributed by atoms with E-state index in [0.29, 0.717) is 30.0 Å². The molecule has 43 heavy (non-hydrogen) atoms. The summed E-state index contributed by atoms with van der Waals surface area (Å²) in [5, 5.41) is 0. The van der Waals surface area contributed by atoms with Gasteiger partial charge >= 0.3 is 0 Å². The Morgan fingerprint density at radius 3 is 2.07 bits per heavy atom. The van der Waals surface area contributed by atoms with E-state index in [1.165, 1.54) is 31.2 Å². The predicted molar refractivity (Wildman–Crippen MR) is 174 cm³/mol. The zero-order valence-electron chi connectivity index (χ0n) is 26.3. The van der Waals surface area contributed by atoms with E-state index in [9.17, 15) is 4.79 Å². The number of aldehydes is 1. The number of benzene rings is 2. The number of nitrogen functional groups attached to an aromatic ring is 1. The largest absolute Gasteiger partial charge is 0.499 e. The van der Waals surface area contributed by atoms with Gasteiger partial charge in [0.15, 0.2) is 0 Å². The Morgan fingerprint density at radius 2 is 1.42 bits per heavy atom. The van der Waals surface area contributed by atoms with E-state index in [0.717, 1.165) is 107 Å². The Hall–Kier alpha value is -3.15. The number of unbranched alkanes of at least 4 members (excludes halogenated alkanes) is 3. The molecule has 0 amide bonds. The lowest BCUT2D eigenvalue weighted by Gasteiger charge is -2.29. The molecule has 2 aliphatic rings. The van der Waals surface area contributed by atoms with Crippen molar-refractivity contribution in [3.05, 3.63) is 60.4 Å². The van der Waals surface area contributed by atoms with E-state index in [4.69, 9.17) is 24.7 Å². The molecule has 0 radical (unpaired) electrons. The standard InChI is InChI=1S/C37H53NO5/c1-3-28(2)40-22-6-4-5-7-23-41-34-18-16-33(17-19-34)32-14-12-31(13-15-32)26-42-35-20-21-37(36(38)24-35)43-27-30-10-8-29(25-39)9-11-30/h16-21,24-25,29-32H,2-15,22-23,26-27,38H2,1H3. The molecule has 6 nitrogen and oxygen atoms in total. The minimum Gasteiger partial charge on any atom is -0.499 e. The van der Waals surface area contributed by atoms with Crippen molar-refractivity contribution < 1.29 is 23.7 Å². The molecule has 0 saturated heterocycles. The number of carbonyl (C=O) groups is 1. The summed E-state index contributed by atoms with van der Waals surface area (Å²) in [6, 6.07) is 14.5. The Balaban J connectivity index is 1.08. The minimum absolute atomic E-state index is 0.230. The summed E-state index contributed by atoms with van der Waals surface area (Å²) in [6.07, 6.45) is 15.2. The van der Waals surface area contributed by atoms with Crippen molar-refractivity contribution in [1.29, 1.82) is 0 Å². The van der Waals surface area contributed by atoms with Crippen LogP contribution in [-0.2, 0) is 9.53 Å². The molecular weight excluding hydrogens is 538 g/mol. The van der Waals surface area contributed by atoms with Crippen LogP contribution in [0.2, 0.25) is 0 Å². The highest BCUT2D eigenvalue weighted by molar-refractivity contribution is 5.56. The summed E-state index contributed by atoms with van der Waals surface area (Å²) in [7, 11) is 0. The molecule has 2 fully saturated rings. The van der Waals surface area contributed by atoms with Gasteiger partial charge in [-0.25, -0.2) is 0 Å². The van der Waals surface area contributed by atoms with E-state index in [2.05, 4.69) is 37.8 Å². The smallest absolute Gasteiger partial charge is 0.142 e. The lowest BCUT2D eigenvalue weighted by molar-refractivity contribution is -0.112. The molecule has 0 spiro atoms. The molecule has 0 aromatic heterocycles. The number of carbonyl (C=O) groups excluding carboxylic acids is 1. The summed E-state index contributed by atoms with van der Waals surface area (Å²) in [4.78, 5) is 11.0. The lowest BCUT2D eigenvalue weighted by Crippen LogP contribution is -2.21. The van der Waals surface area contributed by atoms with Gasteiger partial charge in [-0.2, -0.15) is 0 Å². The summed E-state index contributed by atoms with van der Waals surface area (Å²) in [5.74, 6) is 5.27. The summed E-state index contributed by atoms with van der Waals surface area (Å²) >= 11 is 0. The average Bonchev–Trinajstić information content (AvgIpc) is 3.05. The van der Waals surface area contributed by atoms with Crippen molar-refractivity contribution in [3.63, 3.8) is 0 Å². The molecule has 0 unspecified atom stereocenters. The highest BCUT2D eigenvalue weighted by atomic mass is 16.5. The van der Waals surface area contributed by atoms with Gasteiger partial charge in [0.2, 0.25) is 0 Å². The summed E-state index contributed by atoms with van der Waals surface area (Å²) < 4.78 is 23.7. The van der Waals surface area contributed by atoms with Crippen LogP contribution in [0.15, 0.2) is 54.8 Å². The van der Waals surface area contributed by atoms with Crippen molar-refractivity contribution in [2.24, 2.45) is 17.8 Å². The zero-order valence-corrected chi connectivity index (χ0v) is 26.3. The summed E-state index contributed by atoms with van der Waals surface area (Å²) in [5.41, 5.74) is 8.32. The van der Waals surface area contributed by atoms with Crippen LogP contribution in [0.1, 0.15) is 102 Å². The predicted octanol–water partition coefficient (Wildman–Crippen LogP) is 8.89. The Labute approximate surface area is 259 Å². The monoisotopic (exact) mass is 591 g/mol. The number of hydrogen-bond donors (Lipinski definition) is 1. The maximum absolute atomic E-state index is 11.0. The first-order valence-electron chi connectivity index (χ1n) is 16.7. The third kappa shape index (κ3) is 11.1. The van der Waals surface area contributed by atoms with Crippen LogP contribution in [0.5, 0.6) is 17.2 Å². The third-order valence-electron chi connectivity index (χ3n) is 9.23. The molecule has 0 aliphatic heterocycles. The maximum Gasteiger partial charge on any atom is 0.142 e. The van der Waals surface area contributed by atoms with Gasteiger partial charge in [-0.1, -0.05) is 25.6 Å². The van der Waals surface area contributed by atoms with Crippen molar-refractivity contribution >= 4 is 12.0 Å². The molecule has 0 heterocycles. The summed E-state index contributed by atoms with van der Waals surface area (Å²) in [6.45, 7) is 8.85.